The first-order valence-corrected chi connectivity index (χ1v) is 7.95. The van der Waals surface area contributed by atoms with Crippen LogP contribution in [0.25, 0.3) is 11.3 Å². The predicted octanol–water partition coefficient (Wildman–Crippen LogP) is 3.69. The van der Waals surface area contributed by atoms with E-state index in [0.717, 1.165) is 5.56 Å². The zero-order chi connectivity index (χ0) is 18.5. The lowest BCUT2D eigenvalue weighted by molar-refractivity contribution is 0.0725. The molecule has 6 heteroatoms. The number of methoxy groups -OCH3 is 2. The number of nitrogens with zero attached hydrogens (tertiary/aromatic N) is 2. The Balaban J connectivity index is 1.74. The molecule has 0 N–H and O–H groups in total. The summed E-state index contributed by atoms with van der Waals surface area (Å²) in [7, 11) is 3.03. The van der Waals surface area contributed by atoms with Crippen LogP contribution in [0.5, 0.6) is 17.4 Å². The standard InChI is InChI=1S/C20H18N2O4/c1-13-4-6-14(7-5-13)16-9-11-19(22-21-16)26-20(23)15-8-10-17(24-2)18(12-15)25-3/h4-12H,1-3H3. The first-order chi connectivity index (χ1) is 12.6. The van der Waals surface area contributed by atoms with Crippen LogP contribution in [0.4, 0.5) is 0 Å². The second-order valence-corrected chi connectivity index (χ2v) is 5.58. The molecule has 0 fully saturated rings. The van der Waals surface area contributed by atoms with E-state index in [4.69, 9.17) is 14.2 Å². The average Bonchev–Trinajstić information content (AvgIpc) is 2.68. The maximum absolute atomic E-state index is 12.3. The topological polar surface area (TPSA) is 70.5 Å². The highest BCUT2D eigenvalue weighted by atomic mass is 16.5. The number of esters is 1. The Hall–Kier alpha value is -3.41. The molecule has 0 amide bonds. The van der Waals surface area contributed by atoms with E-state index in [1.165, 1.54) is 19.8 Å². The van der Waals surface area contributed by atoms with E-state index >= 15 is 0 Å². The van der Waals surface area contributed by atoms with Gasteiger partial charge in [-0.05, 0) is 31.2 Å². The number of carbonyl (C=O) groups excluding carboxylic acids is 1. The van der Waals surface area contributed by atoms with Crippen molar-refractivity contribution in [2.45, 2.75) is 6.92 Å². The Bertz CT molecular complexity index is 906. The fourth-order valence-electron chi connectivity index (χ4n) is 2.37. The lowest BCUT2D eigenvalue weighted by Crippen LogP contribution is -2.10. The zero-order valence-electron chi connectivity index (χ0n) is 14.7. The van der Waals surface area contributed by atoms with Gasteiger partial charge in [0.2, 0.25) is 5.88 Å². The molecular weight excluding hydrogens is 332 g/mol. The van der Waals surface area contributed by atoms with Crippen molar-refractivity contribution in [3.05, 3.63) is 65.7 Å². The molecule has 0 aliphatic heterocycles. The average molecular weight is 350 g/mol. The Morgan fingerprint density at radius 2 is 1.58 bits per heavy atom. The maximum atomic E-state index is 12.3. The highest BCUT2D eigenvalue weighted by Gasteiger charge is 2.14. The Labute approximate surface area is 151 Å². The van der Waals surface area contributed by atoms with Crippen molar-refractivity contribution in [3.63, 3.8) is 0 Å². The molecule has 0 atom stereocenters. The molecule has 0 unspecified atom stereocenters. The molecule has 1 heterocycles. The van der Waals surface area contributed by atoms with Crippen molar-refractivity contribution in [2.24, 2.45) is 0 Å². The third-order valence-electron chi connectivity index (χ3n) is 3.80. The fourth-order valence-corrected chi connectivity index (χ4v) is 2.37. The number of ether oxygens (including phenoxy) is 3. The second-order valence-electron chi connectivity index (χ2n) is 5.58. The molecule has 0 saturated carbocycles. The minimum atomic E-state index is -0.552. The largest absolute Gasteiger partial charge is 0.493 e. The van der Waals surface area contributed by atoms with Gasteiger partial charge in [-0.2, -0.15) is 0 Å². The molecule has 3 rings (SSSR count). The summed E-state index contributed by atoms with van der Waals surface area (Å²) >= 11 is 0. The smallest absolute Gasteiger partial charge is 0.345 e. The number of rotatable bonds is 5. The molecular formula is C20H18N2O4. The van der Waals surface area contributed by atoms with E-state index in [2.05, 4.69) is 10.2 Å². The van der Waals surface area contributed by atoms with Crippen molar-refractivity contribution in [3.8, 4) is 28.6 Å². The van der Waals surface area contributed by atoms with Crippen LogP contribution in [-0.2, 0) is 0 Å². The summed E-state index contributed by atoms with van der Waals surface area (Å²) in [5.41, 5.74) is 3.14. The van der Waals surface area contributed by atoms with Gasteiger partial charge in [-0.3, -0.25) is 0 Å². The van der Waals surface area contributed by atoms with E-state index in [1.54, 1.807) is 30.3 Å². The van der Waals surface area contributed by atoms with Crippen LogP contribution in [-0.4, -0.2) is 30.4 Å². The number of aryl methyl sites for hydroxylation is 1. The van der Waals surface area contributed by atoms with Gasteiger partial charge in [-0.25, -0.2) is 4.79 Å². The highest BCUT2D eigenvalue weighted by molar-refractivity contribution is 5.91. The zero-order valence-corrected chi connectivity index (χ0v) is 14.7. The molecule has 2 aromatic carbocycles. The van der Waals surface area contributed by atoms with Gasteiger partial charge in [0, 0.05) is 11.6 Å². The minimum Gasteiger partial charge on any atom is -0.493 e. The van der Waals surface area contributed by atoms with Crippen LogP contribution in [0.3, 0.4) is 0 Å². The van der Waals surface area contributed by atoms with Crippen molar-refractivity contribution in [1.82, 2.24) is 10.2 Å². The number of aromatic nitrogens is 2. The second kappa shape index (κ2) is 7.65. The van der Waals surface area contributed by atoms with Crippen LogP contribution < -0.4 is 14.2 Å². The Kier molecular flexibility index (Phi) is 5.12. The van der Waals surface area contributed by atoms with E-state index in [-0.39, 0.29) is 5.88 Å². The maximum Gasteiger partial charge on any atom is 0.345 e. The van der Waals surface area contributed by atoms with E-state index in [0.29, 0.717) is 22.8 Å². The molecule has 132 valence electrons. The van der Waals surface area contributed by atoms with E-state index in [1.807, 2.05) is 31.2 Å². The van der Waals surface area contributed by atoms with Gasteiger partial charge in [0.25, 0.3) is 0 Å². The molecule has 0 bridgehead atoms. The molecule has 0 spiro atoms. The monoisotopic (exact) mass is 350 g/mol. The lowest BCUT2D eigenvalue weighted by Gasteiger charge is -2.09. The van der Waals surface area contributed by atoms with Crippen LogP contribution in [0.2, 0.25) is 0 Å². The predicted molar refractivity (Wildman–Crippen MR) is 96.7 cm³/mol. The third kappa shape index (κ3) is 3.80. The van der Waals surface area contributed by atoms with Gasteiger partial charge in [0.1, 0.15) is 0 Å². The normalized spacial score (nSPS) is 10.3. The van der Waals surface area contributed by atoms with Gasteiger partial charge in [-0.1, -0.05) is 29.8 Å². The first-order valence-electron chi connectivity index (χ1n) is 7.95. The number of benzene rings is 2. The molecule has 0 radical (unpaired) electrons. The summed E-state index contributed by atoms with van der Waals surface area (Å²) in [5, 5.41) is 8.08. The van der Waals surface area contributed by atoms with Gasteiger partial charge in [0.05, 0.1) is 25.5 Å². The van der Waals surface area contributed by atoms with E-state index in [9.17, 15) is 4.79 Å². The molecule has 0 saturated heterocycles. The van der Waals surface area contributed by atoms with Crippen LogP contribution >= 0.6 is 0 Å². The fraction of sp³-hybridized carbons (Fsp3) is 0.150. The quantitative estimate of drug-likeness (QED) is 0.654. The first kappa shape index (κ1) is 17.4. The van der Waals surface area contributed by atoms with Gasteiger partial charge in [0.15, 0.2) is 11.5 Å². The molecule has 26 heavy (non-hydrogen) atoms. The van der Waals surface area contributed by atoms with Crippen molar-refractivity contribution in [1.29, 1.82) is 0 Å². The number of carbonyl (C=O) groups is 1. The Morgan fingerprint density at radius 3 is 2.19 bits per heavy atom. The van der Waals surface area contributed by atoms with Crippen LogP contribution in [0, 0.1) is 6.92 Å². The van der Waals surface area contributed by atoms with Gasteiger partial charge >= 0.3 is 5.97 Å². The summed E-state index contributed by atoms with van der Waals surface area (Å²) < 4.78 is 15.6. The summed E-state index contributed by atoms with van der Waals surface area (Å²) in [5.74, 6) is 0.554. The van der Waals surface area contributed by atoms with Gasteiger partial charge in [-0.15, -0.1) is 10.2 Å². The lowest BCUT2D eigenvalue weighted by atomic mass is 10.1. The van der Waals surface area contributed by atoms with Gasteiger partial charge < -0.3 is 14.2 Å². The summed E-state index contributed by atoms with van der Waals surface area (Å²) in [6.07, 6.45) is 0. The molecule has 0 aliphatic rings. The van der Waals surface area contributed by atoms with Crippen molar-refractivity contribution >= 4 is 5.97 Å². The molecule has 6 nitrogen and oxygen atoms in total. The van der Waals surface area contributed by atoms with Crippen molar-refractivity contribution < 1.29 is 19.0 Å². The highest BCUT2D eigenvalue weighted by Crippen LogP contribution is 2.28. The molecule has 0 aliphatic carbocycles. The third-order valence-corrected chi connectivity index (χ3v) is 3.80. The molecule has 3 aromatic rings. The number of hydrogen-bond donors (Lipinski definition) is 0. The Morgan fingerprint density at radius 1 is 0.846 bits per heavy atom. The van der Waals surface area contributed by atoms with Crippen LogP contribution in [0.1, 0.15) is 15.9 Å². The minimum absolute atomic E-state index is 0.126. The van der Waals surface area contributed by atoms with Crippen LogP contribution in [0.15, 0.2) is 54.6 Å². The van der Waals surface area contributed by atoms with Crippen molar-refractivity contribution in [2.75, 3.05) is 14.2 Å². The molecule has 1 aromatic heterocycles. The van der Waals surface area contributed by atoms with E-state index < -0.39 is 5.97 Å². The summed E-state index contributed by atoms with van der Waals surface area (Å²) in [4.78, 5) is 12.3. The summed E-state index contributed by atoms with van der Waals surface area (Å²) in [6.45, 7) is 2.02. The summed E-state index contributed by atoms with van der Waals surface area (Å²) in [6, 6.07) is 16.1. The SMILES string of the molecule is COc1ccc(C(=O)Oc2ccc(-c3ccc(C)cc3)nn2)cc1OC. The number of hydrogen-bond acceptors (Lipinski definition) is 6.